The van der Waals surface area contributed by atoms with Crippen LogP contribution in [0.5, 0.6) is 0 Å². The largest absolute Gasteiger partial charge is 0.465 e. The lowest BCUT2D eigenvalue weighted by atomic mass is 9.70. The van der Waals surface area contributed by atoms with E-state index in [1.807, 2.05) is 12.3 Å². The van der Waals surface area contributed by atoms with Gasteiger partial charge < -0.3 is 4.74 Å². The number of aryl methyl sites for hydroxylation is 1. The van der Waals surface area contributed by atoms with E-state index in [-0.39, 0.29) is 25.2 Å². The van der Waals surface area contributed by atoms with Gasteiger partial charge in [-0.15, -0.1) is 11.3 Å². The number of Topliss-reactive ketones (excluding diaryl/α,β-unsaturated/α-hetero) is 1. The van der Waals surface area contributed by atoms with Crippen LogP contribution in [0.2, 0.25) is 0 Å². The third-order valence-corrected chi connectivity index (χ3v) is 4.72. The van der Waals surface area contributed by atoms with Crippen molar-refractivity contribution in [2.24, 2.45) is 5.92 Å². The first-order valence-corrected chi connectivity index (χ1v) is 7.43. The molecule has 0 aromatic carbocycles. The molecule has 1 aromatic rings. The van der Waals surface area contributed by atoms with E-state index < -0.39 is 17.3 Å². The van der Waals surface area contributed by atoms with E-state index in [1.165, 1.54) is 11.3 Å². The number of esters is 1. The van der Waals surface area contributed by atoms with Gasteiger partial charge in [0.1, 0.15) is 22.1 Å². The lowest BCUT2D eigenvalue weighted by molar-refractivity contribution is -0.153. The van der Waals surface area contributed by atoms with Gasteiger partial charge in [-0.05, 0) is 26.7 Å². The second-order valence-corrected chi connectivity index (χ2v) is 5.82. The number of aromatic nitrogens is 1. The highest BCUT2D eigenvalue weighted by Crippen LogP contribution is 2.41. The molecule has 6 heteroatoms. The Morgan fingerprint density at radius 3 is 3.00 bits per heavy atom. The Bertz CT molecular complexity index is 575. The Morgan fingerprint density at radius 1 is 1.70 bits per heavy atom. The van der Waals surface area contributed by atoms with Gasteiger partial charge >= 0.3 is 5.97 Å². The highest BCUT2D eigenvalue weighted by Gasteiger charge is 2.47. The van der Waals surface area contributed by atoms with Crippen LogP contribution >= 0.6 is 11.3 Å². The van der Waals surface area contributed by atoms with Crippen molar-refractivity contribution in [2.45, 2.75) is 38.5 Å². The maximum Gasteiger partial charge on any atom is 0.316 e. The fourth-order valence-corrected chi connectivity index (χ4v) is 3.44. The standard InChI is InChI=1S/C14H16N2O3S/c1-3-19-12(18)10-6-14(8-15,5-4-11(10)17)13-16-9(2)7-20-13/h7,10H,3-6H2,1-2H3. The Kier molecular flexibility index (Phi) is 4.19. The number of hydrogen-bond donors (Lipinski definition) is 0. The zero-order valence-corrected chi connectivity index (χ0v) is 12.3. The van der Waals surface area contributed by atoms with Crippen molar-refractivity contribution in [2.75, 3.05) is 6.61 Å². The van der Waals surface area contributed by atoms with E-state index in [0.717, 1.165) is 5.69 Å². The molecule has 1 aliphatic carbocycles. The monoisotopic (exact) mass is 292 g/mol. The summed E-state index contributed by atoms with van der Waals surface area (Å²) in [5, 5.41) is 12.1. The Balaban J connectivity index is 2.30. The molecule has 2 atom stereocenters. The molecule has 1 aromatic heterocycles. The summed E-state index contributed by atoms with van der Waals surface area (Å²) in [7, 11) is 0. The second kappa shape index (κ2) is 5.71. The third kappa shape index (κ3) is 2.59. The maximum atomic E-state index is 11.9. The molecule has 106 valence electrons. The molecule has 1 aliphatic rings. The molecule has 1 saturated carbocycles. The van der Waals surface area contributed by atoms with Crippen LogP contribution in [0, 0.1) is 24.2 Å². The molecule has 1 heterocycles. The molecule has 0 aliphatic heterocycles. The predicted octanol–water partition coefficient (Wildman–Crippen LogP) is 2.15. The average Bonchev–Trinajstić information content (AvgIpc) is 2.87. The van der Waals surface area contributed by atoms with Crippen LogP contribution in [0.25, 0.3) is 0 Å². The average molecular weight is 292 g/mol. The van der Waals surface area contributed by atoms with Crippen LogP contribution in [0.15, 0.2) is 5.38 Å². The summed E-state index contributed by atoms with van der Waals surface area (Å²) < 4.78 is 4.94. The molecule has 0 radical (unpaired) electrons. The molecule has 0 bridgehead atoms. The van der Waals surface area contributed by atoms with Crippen LogP contribution in [0.3, 0.4) is 0 Å². The fraction of sp³-hybridized carbons (Fsp3) is 0.571. The van der Waals surface area contributed by atoms with Gasteiger partial charge in [-0.2, -0.15) is 5.26 Å². The number of carbonyl (C=O) groups is 2. The van der Waals surface area contributed by atoms with E-state index in [4.69, 9.17) is 4.74 Å². The number of ether oxygens (including phenoxy) is 1. The van der Waals surface area contributed by atoms with Gasteiger partial charge in [0.05, 0.1) is 12.7 Å². The van der Waals surface area contributed by atoms with E-state index >= 15 is 0 Å². The highest BCUT2D eigenvalue weighted by molar-refractivity contribution is 7.09. The van der Waals surface area contributed by atoms with Gasteiger partial charge in [0.2, 0.25) is 0 Å². The quantitative estimate of drug-likeness (QED) is 0.630. The summed E-state index contributed by atoms with van der Waals surface area (Å²) in [5.74, 6) is -1.50. The van der Waals surface area contributed by atoms with Crippen molar-refractivity contribution >= 4 is 23.1 Å². The van der Waals surface area contributed by atoms with Crippen molar-refractivity contribution in [1.29, 1.82) is 5.26 Å². The highest BCUT2D eigenvalue weighted by atomic mass is 32.1. The number of carbonyl (C=O) groups excluding carboxylic acids is 2. The zero-order valence-electron chi connectivity index (χ0n) is 11.5. The van der Waals surface area contributed by atoms with Crippen molar-refractivity contribution < 1.29 is 14.3 Å². The summed E-state index contributed by atoms with van der Waals surface area (Å²) in [5.41, 5.74) is 0.00813. The minimum Gasteiger partial charge on any atom is -0.465 e. The molecule has 0 spiro atoms. The summed E-state index contributed by atoms with van der Waals surface area (Å²) in [6.07, 6.45) is 0.814. The SMILES string of the molecule is CCOC(=O)C1CC(C#N)(c2nc(C)cs2)CCC1=O. The first-order valence-electron chi connectivity index (χ1n) is 6.55. The molecular weight excluding hydrogens is 276 g/mol. The van der Waals surface area contributed by atoms with Gasteiger partial charge in [0.25, 0.3) is 0 Å². The number of nitriles is 1. The van der Waals surface area contributed by atoms with Crippen molar-refractivity contribution in [1.82, 2.24) is 4.98 Å². The molecule has 5 nitrogen and oxygen atoms in total. The Hall–Kier alpha value is -1.74. The molecule has 2 rings (SSSR count). The van der Waals surface area contributed by atoms with E-state index in [9.17, 15) is 14.9 Å². The number of thiazole rings is 1. The molecular formula is C14H16N2O3S. The molecule has 2 unspecified atom stereocenters. The maximum absolute atomic E-state index is 11.9. The minimum absolute atomic E-state index is 0.136. The lowest BCUT2D eigenvalue weighted by Crippen LogP contribution is -2.40. The minimum atomic E-state index is -0.843. The molecule has 1 fully saturated rings. The Morgan fingerprint density at radius 2 is 2.45 bits per heavy atom. The summed E-state index contributed by atoms with van der Waals surface area (Å²) >= 11 is 1.41. The normalized spacial score (nSPS) is 26.1. The summed E-state index contributed by atoms with van der Waals surface area (Å²) in [4.78, 5) is 28.2. The number of hydrogen-bond acceptors (Lipinski definition) is 6. The van der Waals surface area contributed by atoms with Gasteiger partial charge in [0, 0.05) is 17.5 Å². The van der Waals surface area contributed by atoms with E-state index in [1.54, 1.807) is 6.92 Å². The van der Waals surface area contributed by atoms with Crippen LogP contribution in [0.1, 0.15) is 36.9 Å². The fourth-order valence-electron chi connectivity index (χ4n) is 2.45. The molecule has 0 amide bonds. The number of nitrogens with zero attached hydrogens (tertiary/aromatic N) is 2. The van der Waals surface area contributed by atoms with Crippen molar-refractivity contribution in [3.63, 3.8) is 0 Å². The first-order chi connectivity index (χ1) is 9.52. The first kappa shape index (κ1) is 14.7. The Labute approximate surface area is 121 Å². The molecule has 0 saturated heterocycles. The second-order valence-electron chi connectivity index (χ2n) is 4.96. The van der Waals surface area contributed by atoms with Gasteiger partial charge in [0.15, 0.2) is 0 Å². The third-order valence-electron chi connectivity index (χ3n) is 3.55. The van der Waals surface area contributed by atoms with E-state index in [2.05, 4.69) is 11.1 Å². The smallest absolute Gasteiger partial charge is 0.316 e. The lowest BCUT2D eigenvalue weighted by Gasteiger charge is -2.32. The number of ketones is 1. The topological polar surface area (TPSA) is 80.1 Å². The van der Waals surface area contributed by atoms with Crippen LogP contribution in [-0.2, 0) is 19.7 Å². The molecule has 0 N–H and O–H groups in total. The zero-order chi connectivity index (χ0) is 14.8. The number of rotatable bonds is 3. The van der Waals surface area contributed by atoms with Crippen LogP contribution < -0.4 is 0 Å². The van der Waals surface area contributed by atoms with E-state index in [0.29, 0.717) is 11.4 Å². The van der Waals surface area contributed by atoms with Crippen LogP contribution in [-0.4, -0.2) is 23.3 Å². The van der Waals surface area contributed by atoms with Gasteiger partial charge in [-0.25, -0.2) is 4.98 Å². The van der Waals surface area contributed by atoms with Crippen LogP contribution in [0.4, 0.5) is 0 Å². The van der Waals surface area contributed by atoms with Crippen molar-refractivity contribution in [3.05, 3.63) is 16.1 Å². The summed E-state index contributed by atoms with van der Waals surface area (Å²) in [6, 6.07) is 2.28. The van der Waals surface area contributed by atoms with Gasteiger partial charge in [-0.1, -0.05) is 0 Å². The summed E-state index contributed by atoms with van der Waals surface area (Å²) in [6.45, 7) is 3.80. The predicted molar refractivity (Wildman–Crippen MR) is 73.1 cm³/mol. The van der Waals surface area contributed by atoms with Crippen molar-refractivity contribution in [3.8, 4) is 6.07 Å². The molecule has 20 heavy (non-hydrogen) atoms. The van der Waals surface area contributed by atoms with Gasteiger partial charge in [-0.3, -0.25) is 9.59 Å².